The number of nitrogens with one attached hydrogen (secondary N) is 2. The molecular weight excluding hydrogens is 276 g/mol. The monoisotopic (exact) mass is 290 g/mol. The lowest BCUT2D eigenvalue weighted by Crippen LogP contribution is -2.47. The van der Waals surface area contributed by atoms with Crippen LogP contribution < -0.4 is 10.6 Å². The van der Waals surface area contributed by atoms with Gasteiger partial charge < -0.3 is 10.6 Å². The van der Waals surface area contributed by atoms with Gasteiger partial charge in [-0.05, 0) is 30.5 Å². The van der Waals surface area contributed by atoms with Crippen LogP contribution in [0.15, 0.2) is 18.2 Å². The summed E-state index contributed by atoms with van der Waals surface area (Å²) in [5.74, 6) is -1.45. The molecule has 1 atom stereocenters. The number of benzene rings is 1. The molecule has 0 aliphatic carbocycles. The molecule has 0 spiro atoms. The van der Waals surface area contributed by atoms with Gasteiger partial charge in [0.2, 0.25) is 5.91 Å². The number of hydrogen-bond donors (Lipinski definition) is 2. The zero-order valence-corrected chi connectivity index (χ0v) is 10.6. The highest BCUT2D eigenvalue weighted by molar-refractivity contribution is 5.82. The predicted octanol–water partition coefficient (Wildman–Crippen LogP) is 2.21. The third-order valence-corrected chi connectivity index (χ3v) is 3.17. The number of halogens is 4. The number of piperidine rings is 1. The minimum absolute atomic E-state index is 0.0848. The maximum absolute atomic E-state index is 13.1. The van der Waals surface area contributed by atoms with Gasteiger partial charge in [0.25, 0.3) is 0 Å². The average Bonchev–Trinajstić information content (AvgIpc) is 2.38. The van der Waals surface area contributed by atoms with Crippen molar-refractivity contribution in [3.63, 3.8) is 0 Å². The van der Waals surface area contributed by atoms with Crippen molar-refractivity contribution >= 4 is 5.91 Å². The van der Waals surface area contributed by atoms with Crippen LogP contribution in [0.2, 0.25) is 0 Å². The molecule has 1 saturated heterocycles. The Morgan fingerprint density at radius 2 is 2.10 bits per heavy atom. The van der Waals surface area contributed by atoms with Crippen molar-refractivity contribution in [2.75, 3.05) is 6.54 Å². The Morgan fingerprint density at radius 1 is 1.35 bits per heavy atom. The number of hydrogen-bond acceptors (Lipinski definition) is 2. The highest BCUT2D eigenvalue weighted by atomic mass is 19.4. The number of alkyl halides is 3. The van der Waals surface area contributed by atoms with Crippen molar-refractivity contribution in [2.45, 2.75) is 31.6 Å². The Hall–Kier alpha value is -1.63. The summed E-state index contributed by atoms with van der Waals surface area (Å²) in [7, 11) is 0. The van der Waals surface area contributed by atoms with Gasteiger partial charge in [-0.1, -0.05) is 6.07 Å². The molecule has 0 bridgehead atoms. The van der Waals surface area contributed by atoms with Crippen LogP contribution in [-0.4, -0.2) is 18.5 Å². The summed E-state index contributed by atoms with van der Waals surface area (Å²) in [6, 6.07) is 2.42. The number of amides is 1. The molecule has 1 aromatic rings. The Morgan fingerprint density at radius 3 is 2.75 bits per heavy atom. The molecule has 1 aliphatic rings. The predicted molar refractivity (Wildman–Crippen MR) is 64.3 cm³/mol. The van der Waals surface area contributed by atoms with E-state index in [0.717, 1.165) is 18.6 Å². The first-order valence-corrected chi connectivity index (χ1v) is 6.24. The van der Waals surface area contributed by atoms with Gasteiger partial charge in [-0.3, -0.25) is 4.79 Å². The quantitative estimate of drug-likeness (QED) is 0.838. The largest absolute Gasteiger partial charge is 0.419 e. The summed E-state index contributed by atoms with van der Waals surface area (Å²) in [6.45, 7) is 0.702. The fourth-order valence-corrected chi connectivity index (χ4v) is 2.11. The van der Waals surface area contributed by atoms with Crippen molar-refractivity contribution in [3.05, 3.63) is 35.1 Å². The van der Waals surface area contributed by atoms with Crippen LogP contribution >= 0.6 is 0 Å². The second-order valence-electron chi connectivity index (χ2n) is 4.68. The fourth-order valence-electron chi connectivity index (χ4n) is 2.11. The molecule has 1 amide bonds. The van der Waals surface area contributed by atoms with Crippen molar-refractivity contribution in [2.24, 2.45) is 0 Å². The molecular formula is C13H14F4N2O. The van der Waals surface area contributed by atoms with E-state index in [9.17, 15) is 22.4 Å². The number of carbonyl (C=O) groups excluding carboxylic acids is 1. The standard InChI is InChI=1S/C13H14F4N2O/c14-10-4-3-8(6-9(10)13(15,16)17)7-19-11-2-1-5-18-12(11)20/h3-4,6,11,19H,1-2,5,7H2,(H,18,20). The third-order valence-electron chi connectivity index (χ3n) is 3.17. The van der Waals surface area contributed by atoms with Crippen LogP contribution in [0.4, 0.5) is 17.6 Å². The lowest BCUT2D eigenvalue weighted by atomic mass is 10.1. The Balaban J connectivity index is 2.05. The first-order valence-electron chi connectivity index (χ1n) is 6.24. The topological polar surface area (TPSA) is 41.1 Å². The second kappa shape index (κ2) is 5.78. The maximum Gasteiger partial charge on any atom is 0.419 e. The Bertz CT molecular complexity index is 502. The highest BCUT2D eigenvalue weighted by Gasteiger charge is 2.34. The molecule has 20 heavy (non-hydrogen) atoms. The summed E-state index contributed by atoms with van der Waals surface area (Å²) in [4.78, 5) is 11.5. The van der Waals surface area contributed by atoms with E-state index in [1.165, 1.54) is 6.07 Å². The molecule has 0 radical (unpaired) electrons. The number of rotatable bonds is 3. The normalized spacial score (nSPS) is 19.8. The average molecular weight is 290 g/mol. The van der Waals surface area contributed by atoms with Gasteiger partial charge in [-0.25, -0.2) is 4.39 Å². The third kappa shape index (κ3) is 3.47. The van der Waals surface area contributed by atoms with Crippen molar-refractivity contribution in [3.8, 4) is 0 Å². The molecule has 110 valence electrons. The van der Waals surface area contributed by atoms with Crippen LogP contribution in [-0.2, 0) is 17.5 Å². The summed E-state index contributed by atoms with van der Waals surface area (Å²) in [5, 5.41) is 5.56. The van der Waals surface area contributed by atoms with Gasteiger partial charge in [0.15, 0.2) is 0 Å². The molecule has 1 fully saturated rings. The SMILES string of the molecule is O=C1NCCCC1NCc1ccc(F)c(C(F)(F)F)c1. The molecule has 1 heterocycles. The molecule has 2 rings (SSSR count). The maximum atomic E-state index is 13.1. The van der Waals surface area contributed by atoms with E-state index >= 15 is 0 Å². The smallest absolute Gasteiger partial charge is 0.355 e. The van der Waals surface area contributed by atoms with E-state index in [1.807, 2.05) is 0 Å². The van der Waals surface area contributed by atoms with Gasteiger partial charge in [0, 0.05) is 13.1 Å². The molecule has 2 N–H and O–H groups in total. The lowest BCUT2D eigenvalue weighted by molar-refractivity contribution is -0.140. The Labute approximate surface area is 113 Å². The zero-order chi connectivity index (χ0) is 14.8. The van der Waals surface area contributed by atoms with Gasteiger partial charge in [-0.15, -0.1) is 0 Å². The molecule has 3 nitrogen and oxygen atoms in total. The highest BCUT2D eigenvalue weighted by Crippen LogP contribution is 2.31. The molecule has 7 heteroatoms. The van der Waals surface area contributed by atoms with Crippen molar-refractivity contribution in [1.82, 2.24) is 10.6 Å². The van der Waals surface area contributed by atoms with Crippen molar-refractivity contribution in [1.29, 1.82) is 0 Å². The van der Waals surface area contributed by atoms with Crippen LogP contribution in [0.1, 0.15) is 24.0 Å². The van der Waals surface area contributed by atoms with E-state index in [4.69, 9.17) is 0 Å². The van der Waals surface area contributed by atoms with Crippen LogP contribution in [0.3, 0.4) is 0 Å². The van der Waals surface area contributed by atoms with Crippen LogP contribution in [0.25, 0.3) is 0 Å². The first-order chi connectivity index (χ1) is 9.38. The van der Waals surface area contributed by atoms with Gasteiger partial charge in [0.1, 0.15) is 5.82 Å². The van der Waals surface area contributed by atoms with E-state index in [2.05, 4.69) is 10.6 Å². The van der Waals surface area contributed by atoms with E-state index in [0.29, 0.717) is 13.0 Å². The van der Waals surface area contributed by atoms with Gasteiger partial charge in [-0.2, -0.15) is 13.2 Å². The minimum Gasteiger partial charge on any atom is -0.355 e. The van der Waals surface area contributed by atoms with Gasteiger partial charge in [0.05, 0.1) is 11.6 Å². The Kier molecular flexibility index (Phi) is 4.27. The van der Waals surface area contributed by atoms with Crippen molar-refractivity contribution < 1.29 is 22.4 Å². The summed E-state index contributed by atoms with van der Waals surface area (Å²) in [5.41, 5.74) is -0.998. The summed E-state index contributed by atoms with van der Waals surface area (Å²) < 4.78 is 50.8. The zero-order valence-electron chi connectivity index (χ0n) is 10.6. The summed E-state index contributed by atoms with van der Waals surface area (Å²) in [6.07, 6.45) is -3.26. The van der Waals surface area contributed by atoms with Gasteiger partial charge >= 0.3 is 6.18 Å². The molecule has 0 aromatic heterocycles. The van der Waals surface area contributed by atoms with E-state index in [1.54, 1.807) is 0 Å². The van der Waals surface area contributed by atoms with Crippen LogP contribution in [0.5, 0.6) is 0 Å². The number of carbonyl (C=O) groups is 1. The fraction of sp³-hybridized carbons (Fsp3) is 0.462. The molecule has 1 unspecified atom stereocenters. The molecule has 1 aliphatic heterocycles. The van der Waals surface area contributed by atoms with E-state index < -0.39 is 23.6 Å². The van der Waals surface area contributed by atoms with Crippen LogP contribution in [0, 0.1) is 5.82 Å². The summed E-state index contributed by atoms with van der Waals surface area (Å²) >= 11 is 0. The molecule has 1 aromatic carbocycles. The first kappa shape index (κ1) is 14.8. The van der Waals surface area contributed by atoms with E-state index in [-0.39, 0.29) is 18.0 Å². The lowest BCUT2D eigenvalue weighted by Gasteiger charge is -2.23. The minimum atomic E-state index is -4.72. The molecule has 0 saturated carbocycles. The second-order valence-corrected chi connectivity index (χ2v) is 4.68.